The van der Waals surface area contributed by atoms with Gasteiger partial charge in [-0.3, -0.25) is 9.69 Å². The highest BCUT2D eigenvalue weighted by Gasteiger charge is 2.25. The van der Waals surface area contributed by atoms with E-state index in [0.717, 1.165) is 53.2 Å². The van der Waals surface area contributed by atoms with Crippen molar-refractivity contribution in [3.8, 4) is 5.75 Å². The average Bonchev–Trinajstić information content (AvgIpc) is 3.46. The maximum Gasteiger partial charge on any atom is 0.257 e. The number of aryl methyl sites for hydroxylation is 2. The number of nitrogens with zero attached hydrogens (tertiary/aromatic N) is 3. The zero-order valence-electron chi connectivity index (χ0n) is 18.9. The van der Waals surface area contributed by atoms with Crippen molar-refractivity contribution in [3.05, 3.63) is 83.1 Å². The summed E-state index contributed by atoms with van der Waals surface area (Å²) in [6.07, 6.45) is 1.69. The van der Waals surface area contributed by atoms with Gasteiger partial charge in [-0.25, -0.2) is 0 Å². The fourth-order valence-corrected chi connectivity index (χ4v) is 4.27. The molecule has 1 saturated heterocycles. The van der Waals surface area contributed by atoms with Gasteiger partial charge in [-0.1, -0.05) is 29.4 Å². The number of carbonyl (C=O) groups excluding carboxylic acids is 1. The van der Waals surface area contributed by atoms with Crippen molar-refractivity contribution in [2.24, 2.45) is 0 Å². The molecule has 7 heteroatoms. The van der Waals surface area contributed by atoms with E-state index >= 15 is 0 Å². The summed E-state index contributed by atoms with van der Waals surface area (Å²) in [5, 5.41) is 6.05. The summed E-state index contributed by atoms with van der Waals surface area (Å²) >= 11 is 0. The summed E-state index contributed by atoms with van der Waals surface area (Å²) in [6.45, 7) is 7.75. The number of carbonyl (C=O) groups is 1. The Kier molecular flexibility index (Phi) is 5.88. The molecule has 2 aromatic carbocycles. The van der Waals surface area contributed by atoms with E-state index in [9.17, 15) is 4.79 Å². The molecule has 4 aromatic rings. The lowest BCUT2D eigenvalue weighted by molar-refractivity contribution is 0.0616. The second kappa shape index (κ2) is 9.11. The third kappa shape index (κ3) is 4.50. The van der Waals surface area contributed by atoms with Gasteiger partial charge in [0.15, 0.2) is 0 Å². The standard InChI is InChI=1S/C26H27N3O4/c1-18-24(19(2)33-27-18)17-32-25-15-21-7-4-3-6-20(21)14-23(25)26(30)29-11-9-28(10-12-29)16-22-8-5-13-31-22/h3-8,13-15H,9-12,16-17H2,1-2H3. The summed E-state index contributed by atoms with van der Waals surface area (Å²) < 4.78 is 16.9. The predicted octanol–water partition coefficient (Wildman–Crippen LogP) is 4.57. The number of aromatic nitrogens is 1. The van der Waals surface area contributed by atoms with Gasteiger partial charge < -0.3 is 18.6 Å². The van der Waals surface area contributed by atoms with E-state index in [2.05, 4.69) is 10.1 Å². The Morgan fingerprint density at radius 2 is 1.79 bits per heavy atom. The van der Waals surface area contributed by atoms with Crippen molar-refractivity contribution in [3.63, 3.8) is 0 Å². The topological polar surface area (TPSA) is 72.0 Å². The Hall–Kier alpha value is -3.58. The number of hydrogen-bond acceptors (Lipinski definition) is 6. The first kappa shape index (κ1) is 21.3. The maximum absolute atomic E-state index is 13.6. The van der Waals surface area contributed by atoms with Gasteiger partial charge in [-0.15, -0.1) is 0 Å². The van der Waals surface area contributed by atoms with Crippen LogP contribution in [0.15, 0.2) is 63.7 Å². The minimum absolute atomic E-state index is 0.00726. The molecule has 1 amide bonds. The molecular formula is C26H27N3O4. The molecule has 0 saturated carbocycles. The number of hydrogen-bond donors (Lipinski definition) is 0. The Balaban J connectivity index is 1.35. The van der Waals surface area contributed by atoms with E-state index in [1.807, 2.05) is 67.3 Å². The molecule has 3 heterocycles. The van der Waals surface area contributed by atoms with Crippen LogP contribution in [0.25, 0.3) is 10.8 Å². The number of furan rings is 1. The molecule has 0 unspecified atom stereocenters. The molecule has 170 valence electrons. The number of ether oxygens (including phenoxy) is 1. The highest BCUT2D eigenvalue weighted by molar-refractivity contribution is 6.01. The molecule has 0 N–H and O–H groups in total. The highest BCUT2D eigenvalue weighted by Crippen LogP contribution is 2.29. The summed E-state index contributed by atoms with van der Waals surface area (Å²) in [5.41, 5.74) is 2.29. The summed E-state index contributed by atoms with van der Waals surface area (Å²) in [5.74, 6) is 2.25. The fourth-order valence-electron chi connectivity index (χ4n) is 4.27. The molecular weight excluding hydrogens is 418 g/mol. The first-order valence-electron chi connectivity index (χ1n) is 11.2. The van der Waals surface area contributed by atoms with E-state index in [4.69, 9.17) is 13.7 Å². The molecule has 1 aliphatic rings. The molecule has 5 rings (SSSR count). The molecule has 0 aliphatic carbocycles. The maximum atomic E-state index is 13.6. The van der Waals surface area contributed by atoms with Gasteiger partial charge in [-0.05, 0) is 48.9 Å². The first-order chi connectivity index (χ1) is 16.1. The second-order valence-corrected chi connectivity index (χ2v) is 8.43. The summed E-state index contributed by atoms with van der Waals surface area (Å²) in [6, 6.07) is 15.8. The Labute approximate surface area is 192 Å². The SMILES string of the molecule is Cc1noc(C)c1COc1cc2ccccc2cc1C(=O)N1CCN(Cc2ccco2)CC1. The van der Waals surface area contributed by atoms with Gasteiger partial charge in [0, 0.05) is 26.2 Å². The zero-order valence-corrected chi connectivity index (χ0v) is 18.9. The van der Waals surface area contributed by atoms with Crippen LogP contribution in [0.5, 0.6) is 5.75 Å². The average molecular weight is 446 g/mol. The van der Waals surface area contributed by atoms with Gasteiger partial charge >= 0.3 is 0 Å². The number of amides is 1. The van der Waals surface area contributed by atoms with Gasteiger partial charge in [-0.2, -0.15) is 0 Å². The molecule has 1 aliphatic heterocycles. The number of rotatable bonds is 6. The highest BCUT2D eigenvalue weighted by atomic mass is 16.5. The number of benzene rings is 2. The van der Waals surface area contributed by atoms with Gasteiger partial charge in [0.1, 0.15) is 23.9 Å². The number of piperazine rings is 1. The first-order valence-corrected chi connectivity index (χ1v) is 11.2. The van der Waals surface area contributed by atoms with E-state index in [0.29, 0.717) is 31.0 Å². The molecule has 2 aromatic heterocycles. The molecule has 0 spiro atoms. The molecule has 0 atom stereocenters. The van der Waals surface area contributed by atoms with Crippen molar-refractivity contribution in [1.29, 1.82) is 0 Å². The van der Waals surface area contributed by atoms with Crippen molar-refractivity contribution < 1.29 is 18.5 Å². The van der Waals surface area contributed by atoms with Crippen LogP contribution in [-0.2, 0) is 13.2 Å². The van der Waals surface area contributed by atoms with Crippen LogP contribution in [0.4, 0.5) is 0 Å². The molecule has 0 bridgehead atoms. The Bertz CT molecular complexity index is 1230. The van der Waals surface area contributed by atoms with Crippen LogP contribution in [0.2, 0.25) is 0 Å². The van der Waals surface area contributed by atoms with Gasteiger partial charge in [0.05, 0.1) is 29.6 Å². The third-order valence-electron chi connectivity index (χ3n) is 6.25. The molecule has 7 nitrogen and oxygen atoms in total. The minimum Gasteiger partial charge on any atom is -0.488 e. The van der Waals surface area contributed by atoms with Crippen molar-refractivity contribution in [2.75, 3.05) is 26.2 Å². The lowest BCUT2D eigenvalue weighted by Crippen LogP contribution is -2.48. The van der Waals surface area contributed by atoms with Crippen molar-refractivity contribution >= 4 is 16.7 Å². The largest absolute Gasteiger partial charge is 0.488 e. The van der Waals surface area contributed by atoms with Crippen LogP contribution in [0.1, 0.15) is 33.1 Å². The molecule has 33 heavy (non-hydrogen) atoms. The van der Waals surface area contributed by atoms with E-state index < -0.39 is 0 Å². The normalized spacial score (nSPS) is 14.7. The fraction of sp³-hybridized carbons (Fsp3) is 0.308. The summed E-state index contributed by atoms with van der Waals surface area (Å²) in [4.78, 5) is 17.8. The van der Waals surface area contributed by atoms with Crippen molar-refractivity contribution in [1.82, 2.24) is 15.0 Å². The smallest absolute Gasteiger partial charge is 0.257 e. The minimum atomic E-state index is -0.00726. The van der Waals surface area contributed by atoms with Crippen LogP contribution in [-0.4, -0.2) is 47.0 Å². The third-order valence-corrected chi connectivity index (χ3v) is 6.25. The van der Waals surface area contributed by atoms with Crippen LogP contribution < -0.4 is 4.74 Å². The van der Waals surface area contributed by atoms with E-state index in [1.165, 1.54) is 0 Å². The van der Waals surface area contributed by atoms with Crippen molar-refractivity contribution in [2.45, 2.75) is 27.0 Å². The Morgan fingerprint density at radius 1 is 1.03 bits per heavy atom. The zero-order chi connectivity index (χ0) is 22.8. The lowest BCUT2D eigenvalue weighted by atomic mass is 10.0. The van der Waals surface area contributed by atoms with E-state index in [1.54, 1.807) is 6.26 Å². The van der Waals surface area contributed by atoms with Crippen LogP contribution in [0.3, 0.4) is 0 Å². The quantitative estimate of drug-likeness (QED) is 0.433. The molecule has 0 radical (unpaired) electrons. The van der Waals surface area contributed by atoms with E-state index in [-0.39, 0.29) is 5.91 Å². The summed E-state index contributed by atoms with van der Waals surface area (Å²) in [7, 11) is 0. The van der Waals surface area contributed by atoms with Gasteiger partial charge in [0.25, 0.3) is 5.91 Å². The Morgan fingerprint density at radius 3 is 2.45 bits per heavy atom. The lowest BCUT2D eigenvalue weighted by Gasteiger charge is -2.34. The van der Waals surface area contributed by atoms with Crippen LogP contribution >= 0.6 is 0 Å². The predicted molar refractivity (Wildman–Crippen MR) is 124 cm³/mol. The monoisotopic (exact) mass is 445 g/mol. The second-order valence-electron chi connectivity index (χ2n) is 8.43. The number of fused-ring (bicyclic) bond motifs is 1. The van der Waals surface area contributed by atoms with Crippen LogP contribution in [0, 0.1) is 13.8 Å². The van der Waals surface area contributed by atoms with Gasteiger partial charge in [0.2, 0.25) is 0 Å². The molecule has 1 fully saturated rings.